The third kappa shape index (κ3) is 6.66. The van der Waals surface area contributed by atoms with Crippen LogP contribution in [0.3, 0.4) is 0 Å². The molecule has 19 heavy (non-hydrogen) atoms. The fraction of sp³-hybridized carbons (Fsp3) is 0.600. The average molecular weight is 302 g/mol. The maximum absolute atomic E-state index is 9.00. The Hall–Kier alpha value is -0.220. The minimum Gasteiger partial charge on any atom is -0.396 e. The SMILES string of the molecule is CC(CCO)Sc1cc(Cl)ccc1CNC(C)(C)C. The van der Waals surface area contributed by atoms with E-state index in [0.29, 0.717) is 5.25 Å². The normalized spacial score (nSPS) is 13.6. The summed E-state index contributed by atoms with van der Waals surface area (Å²) < 4.78 is 0. The van der Waals surface area contributed by atoms with Crippen LogP contribution in [0.1, 0.15) is 39.7 Å². The van der Waals surface area contributed by atoms with Gasteiger partial charge in [0, 0.05) is 33.9 Å². The standard InChI is InChI=1S/C15H24ClNOS/c1-11(7-8-18)19-14-9-13(16)6-5-12(14)10-17-15(2,3)4/h5-6,9,11,17-18H,7-8,10H2,1-4H3. The van der Waals surface area contributed by atoms with Crippen LogP contribution in [0.5, 0.6) is 0 Å². The fourth-order valence-electron chi connectivity index (χ4n) is 1.60. The summed E-state index contributed by atoms with van der Waals surface area (Å²) in [5, 5.41) is 13.6. The van der Waals surface area contributed by atoms with E-state index >= 15 is 0 Å². The number of aliphatic hydroxyl groups is 1. The van der Waals surface area contributed by atoms with E-state index in [2.05, 4.69) is 39.1 Å². The van der Waals surface area contributed by atoms with Gasteiger partial charge < -0.3 is 10.4 Å². The van der Waals surface area contributed by atoms with Gasteiger partial charge in [-0.25, -0.2) is 0 Å². The lowest BCUT2D eigenvalue weighted by atomic mass is 10.1. The highest BCUT2D eigenvalue weighted by Gasteiger charge is 2.13. The number of thioether (sulfide) groups is 1. The van der Waals surface area contributed by atoms with Gasteiger partial charge in [-0.2, -0.15) is 0 Å². The molecule has 1 rings (SSSR count). The molecular formula is C15H24ClNOS. The van der Waals surface area contributed by atoms with Crippen LogP contribution in [0.25, 0.3) is 0 Å². The van der Waals surface area contributed by atoms with Crippen LogP contribution >= 0.6 is 23.4 Å². The second kappa shape index (κ2) is 7.53. The first-order valence-corrected chi connectivity index (χ1v) is 7.88. The predicted octanol–water partition coefficient (Wildman–Crippen LogP) is 4.09. The van der Waals surface area contributed by atoms with Crippen molar-refractivity contribution in [3.8, 4) is 0 Å². The van der Waals surface area contributed by atoms with Crippen LogP contribution in [-0.2, 0) is 6.54 Å². The van der Waals surface area contributed by atoms with Gasteiger partial charge in [-0.15, -0.1) is 11.8 Å². The van der Waals surface area contributed by atoms with Crippen molar-refractivity contribution in [2.24, 2.45) is 0 Å². The van der Waals surface area contributed by atoms with Crippen molar-refractivity contribution in [2.75, 3.05) is 6.61 Å². The summed E-state index contributed by atoms with van der Waals surface area (Å²) >= 11 is 7.86. The second-order valence-electron chi connectivity index (χ2n) is 5.80. The Balaban J connectivity index is 2.79. The highest BCUT2D eigenvalue weighted by atomic mass is 35.5. The number of nitrogens with one attached hydrogen (secondary N) is 1. The van der Waals surface area contributed by atoms with Crippen molar-refractivity contribution >= 4 is 23.4 Å². The number of hydrogen-bond donors (Lipinski definition) is 2. The summed E-state index contributed by atoms with van der Waals surface area (Å²) in [6.45, 7) is 9.65. The van der Waals surface area contributed by atoms with Crippen molar-refractivity contribution < 1.29 is 5.11 Å². The molecule has 0 radical (unpaired) electrons. The molecule has 0 fully saturated rings. The molecule has 2 N–H and O–H groups in total. The van der Waals surface area contributed by atoms with Crippen LogP contribution in [0.2, 0.25) is 5.02 Å². The van der Waals surface area contributed by atoms with E-state index < -0.39 is 0 Å². The largest absolute Gasteiger partial charge is 0.396 e. The number of benzene rings is 1. The maximum Gasteiger partial charge on any atom is 0.0441 e. The fourth-order valence-corrected chi connectivity index (χ4v) is 2.98. The lowest BCUT2D eigenvalue weighted by Gasteiger charge is -2.22. The summed E-state index contributed by atoms with van der Waals surface area (Å²) in [6.07, 6.45) is 0.795. The van der Waals surface area contributed by atoms with Crippen molar-refractivity contribution in [3.63, 3.8) is 0 Å². The van der Waals surface area contributed by atoms with E-state index in [-0.39, 0.29) is 12.1 Å². The van der Waals surface area contributed by atoms with E-state index in [1.54, 1.807) is 11.8 Å². The molecule has 0 saturated carbocycles. The third-order valence-corrected chi connectivity index (χ3v) is 4.21. The molecule has 0 bridgehead atoms. The summed E-state index contributed by atoms with van der Waals surface area (Å²) in [5.74, 6) is 0. The molecule has 0 heterocycles. The molecule has 0 aromatic heterocycles. The highest BCUT2D eigenvalue weighted by molar-refractivity contribution is 8.00. The van der Waals surface area contributed by atoms with Gasteiger partial charge in [0.05, 0.1) is 0 Å². The Kier molecular flexibility index (Phi) is 6.67. The Morgan fingerprint density at radius 3 is 2.63 bits per heavy atom. The Morgan fingerprint density at radius 1 is 1.37 bits per heavy atom. The van der Waals surface area contributed by atoms with Crippen LogP contribution in [0, 0.1) is 0 Å². The average Bonchev–Trinajstić information content (AvgIpc) is 2.27. The molecule has 0 spiro atoms. The first kappa shape index (κ1) is 16.8. The van der Waals surface area contributed by atoms with Crippen LogP contribution in [0.4, 0.5) is 0 Å². The van der Waals surface area contributed by atoms with Gasteiger partial charge in [0.1, 0.15) is 0 Å². The molecule has 2 nitrogen and oxygen atoms in total. The lowest BCUT2D eigenvalue weighted by molar-refractivity contribution is 0.289. The summed E-state index contributed by atoms with van der Waals surface area (Å²) in [6, 6.07) is 6.02. The van der Waals surface area contributed by atoms with E-state index in [1.807, 2.05) is 12.1 Å². The van der Waals surface area contributed by atoms with Crippen LogP contribution in [0.15, 0.2) is 23.1 Å². The van der Waals surface area contributed by atoms with E-state index in [1.165, 1.54) is 10.5 Å². The Morgan fingerprint density at radius 2 is 2.05 bits per heavy atom. The molecule has 0 aliphatic heterocycles. The quantitative estimate of drug-likeness (QED) is 0.776. The Labute approximate surface area is 125 Å². The van der Waals surface area contributed by atoms with Crippen LogP contribution in [-0.4, -0.2) is 22.5 Å². The zero-order valence-electron chi connectivity index (χ0n) is 12.2. The van der Waals surface area contributed by atoms with E-state index in [0.717, 1.165) is 18.0 Å². The van der Waals surface area contributed by atoms with Gasteiger partial charge in [0.15, 0.2) is 0 Å². The molecule has 0 aliphatic carbocycles. The van der Waals surface area contributed by atoms with Gasteiger partial charge in [-0.3, -0.25) is 0 Å². The number of rotatable bonds is 6. The van der Waals surface area contributed by atoms with Crippen molar-refractivity contribution in [2.45, 2.75) is 56.3 Å². The molecule has 0 aliphatic rings. The van der Waals surface area contributed by atoms with Gasteiger partial charge in [0.2, 0.25) is 0 Å². The lowest BCUT2D eigenvalue weighted by Crippen LogP contribution is -2.35. The maximum atomic E-state index is 9.00. The zero-order valence-corrected chi connectivity index (χ0v) is 13.7. The van der Waals surface area contributed by atoms with E-state index in [4.69, 9.17) is 16.7 Å². The van der Waals surface area contributed by atoms with Gasteiger partial charge in [0.25, 0.3) is 0 Å². The summed E-state index contributed by atoms with van der Waals surface area (Å²) in [5.41, 5.74) is 1.35. The highest BCUT2D eigenvalue weighted by Crippen LogP contribution is 2.31. The predicted molar refractivity (Wildman–Crippen MR) is 85.1 cm³/mol. The van der Waals surface area contributed by atoms with Gasteiger partial charge in [-0.05, 0) is 44.9 Å². The van der Waals surface area contributed by atoms with Crippen molar-refractivity contribution in [3.05, 3.63) is 28.8 Å². The summed E-state index contributed by atoms with van der Waals surface area (Å²) in [7, 11) is 0. The first-order chi connectivity index (χ1) is 8.81. The monoisotopic (exact) mass is 301 g/mol. The molecule has 1 unspecified atom stereocenters. The van der Waals surface area contributed by atoms with Gasteiger partial charge in [-0.1, -0.05) is 24.6 Å². The molecule has 0 saturated heterocycles. The Bertz CT molecular complexity index is 404. The molecule has 1 aromatic carbocycles. The molecule has 0 amide bonds. The topological polar surface area (TPSA) is 32.3 Å². The van der Waals surface area contributed by atoms with Crippen LogP contribution < -0.4 is 5.32 Å². The minimum absolute atomic E-state index is 0.0955. The first-order valence-electron chi connectivity index (χ1n) is 6.63. The number of aliphatic hydroxyl groups excluding tert-OH is 1. The second-order valence-corrected chi connectivity index (χ2v) is 7.71. The van der Waals surface area contributed by atoms with Gasteiger partial charge >= 0.3 is 0 Å². The summed E-state index contributed by atoms with van der Waals surface area (Å²) in [4.78, 5) is 1.20. The van der Waals surface area contributed by atoms with E-state index in [9.17, 15) is 0 Å². The molecule has 1 atom stereocenters. The third-order valence-electron chi connectivity index (χ3n) is 2.70. The molecular weight excluding hydrogens is 278 g/mol. The minimum atomic E-state index is 0.0955. The molecule has 1 aromatic rings. The molecule has 4 heteroatoms. The molecule has 108 valence electrons. The zero-order chi connectivity index (χ0) is 14.5. The number of hydrogen-bond acceptors (Lipinski definition) is 3. The number of halogens is 1. The van der Waals surface area contributed by atoms with Crippen molar-refractivity contribution in [1.29, 1.82) is 0 Å². The van der Waals surface area contributed by atoms with Crippen molar-refractivity contribution in [1.82, 2.24) is 5.32 Å². The smallest absolute Gasteiger partial charge is 0.0441 e.